The number of aromatic amines is 1. The third-order valence-corrected chi connectivity index (χ3v) is 4.95. The summed E-state index contributed by atoms with van der Waals surface area (Å²) >= 11 is 0. The molecule has 0 bridgehead atoms. The van der Waals surface area contributed by atoms with Gasteiger partial charge in [0.15, 0.2) is 5.76 Å². The van der Waals surface area contributed by atoms with Gasteiger partial charge in [0.1, 0.15) is 6.61 Å². The summed E-state index contributed by atoms with van der Waals surface area (Å²) in [6, 6.07) is 10.8. The fourth-order valence-electron chi connectivity index (χ4n) is 3.58. The zero-order valence-corrected chi connectivity index (χ0v) is 17.5. The van der Waals surface area contributed by atoms with Gasteiger partial charge in [-0.25, -0.2) is 0 Å². The van der Waals surface area contributed by atoms with Gasteiger partial charge in [-0.05, 0) is 29.7 Å². The lowest BCUT2D eigenvalue weighted by Crippen LogP contribution is -2.23. The van der Waals surface area contributed by atoms with Crippen molar-refractivity contribution in [3.05, 3.63) is 76.0 Å². The Morgan fingerprint density at radius 1 is 1.12 bits per heavy atom. The van der Waals surface area contributed by atoms with Crippen molar-refractivity contribution >= 4 is 22.4 Å². The second kappa shape index (κ2) is 7.96. The molecule has 172 valence electrons. The summed E-state index contributed by atoms with van der Waals surface area (Å²) in [5.74, 6) is -2.01. The van der Waals surface area contributed by atoms with Crippen molar-refractivity contribution in [2.24, 2.45) is 0 Å². The number of hydrogen-bond donors (Lipinski definition) is 3. The van der Waals surface area contributed by atoms with Crippen LogP contribution in [-0.2, 0) is 20.4 Å². The van der Waals surface area contributed by atoms with Crippen LogP contribution in [0.5, 0.6) is 0 Å². The van der Waals surface area contributed by atoms with Gasteiger partial charge in [0, 0.05) is 36.2 Å². The average molecular weight is 460 g/mol. The number of aromatic nitrogens is 1. The molecule has 10 heteroatoms. The molecule has 2 heterocycles. The molecule has 1 aliphatic heterocycles. The maximum Gasteiger partial charge on any atom is 0.417 e. The fraction of sp³-hybridized carbons (Fsp3) is 0.217. The number of nitrogens with one attached hydrogen (secondary N) is 2. The van der Waals surface area contributed by atoms with Crippen molar-refractivity contribution in [2.75, 3.05) is 11.9 Å². The van der Waals surface area contributed by atoms with Crippen LogP contribution in [0, 0.1) is 0 Å². The molecule has 1 aliphatic rings. The lowest BCUT2D eigenvalue weighted by molar-refractivity contribution is -0.137. The highest BCUT2D eigenvalue weighted by molar-refractivity contribution is 6.04. The minimum absolute atomic E-state index is 0.0219. The molecule has 0 aliphatic carbocycles. The number of pyridine rings is 1. The third kappa shape index (κ3) is 4.42. The molecule has 0 unspecified atom stereocenters. The number of hydrogen-bond acceptors (Lipinski definition) is 5. The van der Waals surface area contributed by atoms with E-state index in [1.165, 1.54) is 42.5 Å². The lowest BCUT2D eigenvalue weighted by Gasteiger charge is -2.18. The van der Waals surface area contributed by atoms with E-state index >= 15 is 0 Å². The SMILES string of the molecule is CC1(C)OC(CO)=C(C(=O)Nc2ccc3cc(-c4ccccc4C(F)(F)F)[nH]c(=O)c3c2)O1. The molecule has 0 atom stereocenters. The van der Waals surface area contributed by atoms with Crippen LogP contribution in [-0.4, -0.2) is 28.4 Å². The Balaban J connectivity index is 1.68. The van der Waals surface area contributed by atoms with Crippen molar-refractivity contribution in [1.82, 2.24) is 4.98 Å². The molecule has 0 saturated heterocycles. The number of ether oxygens (including phenoxy) is 2. The van der Waals surface area contributed by atoms with Crippen LogP contribution in [0.3, 0.4) is 0 Å². The van der Waals surface area contributed by atoms with Crippen molar-refractivity contribution < 1.29 is 32.5 Å². The summed E-state index contributed by atoms with van der Waals surface area (Å²) in [5, 5.41) is 12.5. The molecule has 3 N–H and O–H groups in total. The first-order valence-corrected chi connectivity index (χ1v) is 9.85. The van der Waals surface area contributed by atoms with Gasteiger partial charge in [0.2, 0.25) is 11.5 Å². The van der Waals surface area contributed by atoms with E-state index < -0.39 is 35.6 Å². The minimum atomic E-state index is -4.58. The topological polar surface area (TPSA) is 101 Å². The Morgan fingerprint density at radius 3 is 2.55 bits per heavy atom. The maximum absolute atomic E-state index is 13.4. The average Bonchev–Trinajstić information content (AvgIpc) is 3.08. The van der Waals surface area contributed by atoms with Gasteiger partial charge in [-0.15, -0.1) is 0 Å². The number of halogens is 3. The summed E-state index contributed by atoms with van der Waals surface area (Å²) in [4.78, 5) is 27.7. The Bertz CT molecular complexity index is 1340. The summed E-state index contributed by atoms with van der Waals surface area (Å²) in [6.45, 7) is 2.62. The Kier molecular flexibility index (Phi) is 5.41. The van der Waals surface area contributed by atoms with Crippen LogP contribution in [0.25, 0.3) is 22.0 Å². The molecular formula is C23H19F3N2O5. The normalized spacial score (nSPS) is 15.3. The molecule has 7 nitrogen and oxygen atoms in total. The number of aliphatic hydroxyl groups excluding tert-OH is 1. The van der Waals surface area contributed by atoms with Gasteiger partial charge in [0.05, 0.1) is 5.56 Å². The maximum atomic E-state index is 13.4. The zero-order valence-electron chi connectivity index (χ0n) is 17.5. The number of amides is 1. The highest BCUT2D eigenvalue weighted by Crippen LogP contribution is 2.36. The van der Waals surface area contributed by atoms with E-state index in [9.17, 15) is 27.9 Å². The van der Waals surface area contributed by atoms with E-state index in [1.54, 1.807) is 13.8 Å². The number of carbonyl (C=O) groups is 1. The van der Waals surface area contributed by atoms with E-state index in [1.807, 2.05) is 0 Å². The third-order valence-electron chi connectivity index (χ3n) is 4.95. The van der Waals surface area contributed by atoms with Crippen LogP contribution in [0.2, 0.25) is 0 Å². The molecule has 2 aromatic carbocycles. The van der Waals surface area contributed by atoms with Gasteiger partial charge >= 0.3 is 6.18 Å². The van der Waals surface area contributed by atoms with Crippen molar-refractivity contribution in [3.8, 4) is 11.3 Å². The molecule has 1 aromatic heterocycles. The predicted octanol–water partition coefficient (Wildman–Crippen LogP) is 4.14. The smallest absolute Gasteiger partial charge is 0.417 e. The van der Waals surface area contributed by atoms with Crippen LogP contribution < -0.4 is 10.9 Å². The summed E-state index contributed by atoms with van der Waals surface area (Å²) in [5.41, 5.74) is -1.36. The molecule has 3 aromatic rings. The standard InChI is InChI=1S/C23H19F3N2O5/c1-22(2)32-18(11-29)19(33-22)21(31)27-13-8-7-12-9-17(28-20(30)15(12)10-13)14-5-3-4-6-16(14)23(24,25)26/h3-10,29H,11H2,1-2H3,(H,27,31)(H,28,30). The van der Waals surface area contributed by atoms with Gasteiger partial charge in [-0.2, -0.15) is 13.2 Å². The number of fused-ring (bicyclic) bond motifs is 1. The molecule has 0 spiro atoms. The number of benzene rings is 2. The molecule has 0 radical (unpaired) electrons. The van der Waals surface area contributed by atoms with Crippen LogP contribution in [0.15, 0.2) is 64.8 Å². The van der Waals surface area contributed by atoms with E-state index in [4.69, 9.17) is 9.47 Å². The molecule has 1 amide bonds. The number of aliphatic hydroxyl groups is 1. The van der Waals surface area contributed by atoms with Crippen LogP contribution in [0.4, 0.5) is 18.9 Å². The number of carbonyl (C=O) groups excluding carboxylic acids is 1. The minimum Gasteiger partial charge on any atom is -0.451 e. The van der Waals surface area contributed by atoms with Gasteiger partial charge in [-0.3, -0.25) is 9.59 Å². The number of H-pyrrole nitrogens is 1. The second-order valence-electron chi connectivity index (χ2n) is 7.83. The van der Waals surface area contributed by atoms with E-state index in [-0.39, 0.29) is 33.8 Å². The molecule has 0 fully saturated rings. The van der Waals surface area contributed by atoms with E-state index in [0.717, 1.165) is 6.07 Å². The fourth-order valence-corrected chi connectivity index (χ4v) is 3.58. The Morgan fingerprint density at radius 2 is 1.85 bits per heavy atom. The highest BCUT2D eigenvalue weighted by atomic mass is 19.4. The van der Waals surface area contributed by atoms with E-state index in [0.29, 0.717) is 5.39 Å². The summed E-state index contributed by atoms with van der Waals surface area (Å²) in [6.07, 6.45) is -4.58. The van der Waals surface area contributed by atoms with Gasteiger partial charge in [-0.1, -0.05) is 24.3 Å². The Labute approximate surface area is 185 Å². The van der Waals surface area contributed by atoms with Crippen LogP contribution in [0.1, 0.15) is 19.4 Å². The summed E-state index contributed by atoms with van der Waals surface area (Å²) in [7, 11) is 0. The number of anilines is 1. The van der Waals surface area contributed by atoms with Gasteiger partial charge < -0.3 is 24.9 Å². The first-order valence-electron chi connectivity index (χ1n) is 9.85. The largest absolute Gasteiger partial charge is 0.451 e. The van der Waals surface area contributed by atoms with Crippen LogP contribution >= 0.6 is 0 Å². The van der Waals surface area contributed by atoms with Crippen molar-refractivity contribution in [1.29, 1.82) is 0 Å². The first kappa shape index (κ1) is 22.4. The van der Waals surface area contributed by atoms with Gasteiger partial charge in [0.25, 0.3) is 11.5 Å². The molecule has 33 heavy (non-hydrogen) atoms. The second-order valence-corrected chi connectivity index (χ2v) is 7.83. The van der Waals surface area contributed by atoms with E-state index in [2.05, 4.69) is 10.3 Å². The quantitative estimate of drug-likeness (QED) is 0.544. The predicted molar refractivity (Wildman–Crippen MR) is 114 cm³/mol. The number of rotatable bonds is 4. The molecule has 0 saturated carbocycles. The lowest BCUT2D eigenvalue weighted by atomic mass is 10.0. The first-order chi connectivity index (χ1) is 15.5. The monoisotopic (exact) mass is 460 g/mol. The zero-order chi connectivity index (χ0) is 24.0. The van der Waals surface area contributed by atoms with Crippen molar-refractivity contribution in [3.63, 3.8) is 0 Å². The molecule has 4 rings (SSSR count). The molecular weight excluding hydrogens is 441 g/mol. The summed E-state index contributed by atoms with van der Waals surface area (Å²) < 4.78 is 50.9. The highest BCUT2D eigenvalue weighted by Gasteiger charge is 2.37. The number of alkyl halides is 3. The van der Waals surface area contributed by atoms with Crippen molar-refractivity contribution in [2.45, 2.75) is 25.8 Å². The Hall–Kier alpha value is -3.79.